The van der Waals surface area contributed by atoms with Gasteiger partial charge < -0.3 is 10.6 Å². The molecule has 0 bridgehead atoms. The molecular weight excluding hydrogens is 138 g/mol. The second-order valence-electron chi connectivity index (χ2n) is 2.76. The van der Waals surface area contributed by atoms with Crippen molar-refractivity contribution in [3.8, 4) is 0 Å². The molecule has 1 aliphatic rings. The molecule has 2 rings (SSSR count). The van der Waals surface area contributed by atoms with Crippen molar-refractivity contribution in [1.82, 2.24) is 4.98 Å². The number of rotatable bonds is 1. The molecule has 58 valence electrons. The SMILES string of the molecule is Nc1cccnc1N1CCC1. The fourth-order valence-corrected chi connectivity index (χ4v) is 1.20. The Bertz CT molecular complexity index is 255. The molecule has 0 amide bonds. The molecule has 0 aliphatic carbocycles. The van der Waals surface area contributed by atoms with E-state index in [-0.39, 0.29) is 0 Å². The zero-order chi connectivity index (χ0) is 7.68. The smallest absolute Gasteiger partial charge is 0.151 e. The number of nitrogen functional groups attached to an aromatic ring is 1. The Labute approximate surface area is 65.8 Å². The summed E-state index contributed by atoms with van der Waals surface area (Å²) in [4.78, 5) is 6.39. The van der Waals surface area contributed by atoms with Crippen molar-refractivity contribution in [2.45, 2.75) is 6.42 Å². The summed E-state index contributed by atoms with van der Waals surface area (Å²) in [5.41, 5.74) is 6.51. The van der Waals surface area contributed by atoms with E-state index in [1.54, 1.807) is 6.20 Å². The summed E-state index contributed by atoms with van der Waals surface area (Å²) in [6.07, 6.45) is 3.04. The van der Waals surface area contributed by atoms with Crippen LogP contribution < -0.4 is 10.6 Å². The second-order valence-corrected chi connectivity index (χ2v) is 2.76. The van der Waals surface area contributed by atoms with E-state index in [4.69, 9.17) is 5.73 Å². The highest BCUT2D eigenvalue weighted by molar-refractivity contribution is 5.62. The molecule has 0 radical (unpaired) electrons. The van der Waals surface area contributed by atoms with Crippen molar-refractivity contribution in [2.24, 2.45) is 0 Å². The third kappa shape index (κ3) is 1.02. The monoisotopic (exact) mass is 149 g/mol. The van der Waals surface area contributed by atoms with Gasteiger partial charge in [0.05, 0.1) is 5.69 Å². The summed E-state index contributed by atoms with van der Waals surface area (Å²) < 4.78 is 0. The second kappa shape index (κ2) is 2.42. The summed E-state index contributed by atoms with van der Waals surface area (Å²) in [7, 11) is 0. The van der Waals surface area contributed by atoms with Crippen LogP contribution in [-0.4, -0.2) is 18.1 Å². The van der Waals surface area contributed by atoms with Crippen LogP contribution in [0.25, 0.3) is 0 Å². The molecule has 11 heavy (non-hydrogen) atoms. The van der Waals surface area contributed by atoms with E-state index in [1.807, 2.05) is 12.1 Å². The molecule has 0 spiro atoms. The minimum Gasteiger partial charge on any atom is -0.396 e. The van der Waals surface area contributed by atoms with Crippen molar-refractivity contribution >= 4 is 11.5 Å². The first kappa shape index (κ1) is 6.46. The zero-order valence-corrected chi connectivity index (χ0v) is 6.33. The normalized spacial score (nSPS) is 16.2. The summed E-state index contributed by atoms with van der Waals surface area (Å²) in [5.74, 6) is 0.943. The van der Waals surface area contributed by atoms with Gasteiger partial charge in [-0.15, -0.1) is 0 Å². The highest BCUT2D eigenvalue weighted by Crippen LogP contribution is 2.23. The maximum Gasteiger partial charge on any atom is 0.151 e. The highest BCUT2D eigenvalue weighted by Gasteiger charge is 2.16. The van der Waals surface area contributed by atoms with Crippen molar-refractivity contribution in [3.63, 3.8) is 0 Å². The third-order valence-corrected chi connectivity index (χ3v) is 1.97. The van der Waals surface area contributed by atoms with Gasteiger partial charge in [-0.25, -0.2) is 4.98 Å². The van der Waals surface area contributed by atoms with Gasteiger partial charge in [0, 0.05) is 19.3 Å². The molecule has 3 nitrogen and oxygen atoms in total. The Balaban J connectivity index is 2.28. The number of nitrogens with zero attached hydrogens (tertiary/aromatic N) is 2. The molecule has 0 saturated carbocycles. The average Bonchev–Trinajstić information content (AvgIpc) is 1.90. The molecule has 0 unspecified atom stereocenters. The largest absolute Gasteiger partial charge is 0.396 e. The zero-order valence-electron chi connectivity index (χ0n) is 6.33. The lowest BCUT2D eigenvalue weighted by molar-refractivity contribution is 0.611. The van der Waals surface area contributed by atoms with E-state index >= 15 is 0 Å². The van der Waals surface area contributed by atoms with Gasteiger partial charge in [0.15, 0.2) is 5.82 Å². The molecule has 1 aromatic heterocycles. The molecule has 1 fully saturated rings. The van der Waals surface area contributed by atoms with Crippen LogP contribution in [0.5, 0.6) is 0 Å². The Morgan fingerprint density at radius 1 is 1.45 bits per heavy atom. The predicted octanol–water partition coefficient (Wildman–Crippen LogP) is 0.874. The standard InChI is InChI=1S/C8H11N3/c9-7-3-1-4-10-8(7)11-5-2-6-11/h1,3-4H,2,5-6,9H2. The summed E-state index contributed by atoms with van der Waals surface area (Å²) in [6.45, 7) is 2.20. The molecule has 3 heteroatoms. The van der Waals surface area contributed by atoms with Crippen LogP contribution >= 0.6 is 0 Å². The van der Waals surface area contributed by atoms with Gasteiger partial charge in [0.2, 0.25) is 0 Å². The number of hydrogen-bond acceptors (Lipinski definition) is 3. The quantitative estimate of drug-likeness (QED) is 0.644. The number of pyridine rings is 1. The molecular formula is C8H11N3. The molecule has 0 aromatic carbocycles. The van der Waals surface area contributed by atoms with Crippen molar-refractivity contribution < 1.29 is 0 Å². The highest BCUT2D eigenvalue weighted by atomic mass is 15.2. The summed E-state index contributed by atoms with van der Waals surface area (Å²) >= 11 is 0. The molecule has 1 aliphatic heterocycles. The maximum atomic E-state index is 5.73. The Kier molecular flexibility index (Phi) is 1.42. The van der Waals surface area contributed by atoms with Crippen LogP contribution in [0.15, 0.2) is 18.3 Å². The Hall–Kier alpha value is -1.25. The molecule has 2 heterocycles. The van der Waals surface area contributed by atoms with E-state index in [2.05, 4.69) is 9.88 Å². The Morgan fingerprint density at radius 3 is 2.82 bits per heavy atom. The van der Waals surface area contributed by atoms with Crippen LogP contribution in [0.3, 0.4) is 0 Å². The van der Waals surface area contributed by atoms with Crippen molar-refractivity contribution in [3.05, 3.63) is 18.3 Å². The van der Waals surface area contributed by atoms with Gasteiger partial charge in [-0.3, -0.25) is 0 Å². The molecule has 1 aromatic rings. The number of nitrogens with two attached hydrogens (primary N) is 1. The van der Waals surface area contributed by atoms with Crippen molar-refractivity contribution in [2.75, 3.05) is 23.7 Å². The van der Waals surface area contributed by atoms with E-state index in [0.29, 0.717) is 0 Å². The molecule has 2 N–H and O–H groups in total. The van der Waals surface area contributed by atoms with Crippen LogP contribution in [0, 0.1) is 0 Å². The van der Waals surface area contributed by atoms with E-state index in [1.165, 1.54) is 6.42 Å². The lowest BCUT2D eigenvalue weighted by Crippen LogP contribution is -2.38. The fraction of sp³-hybridized carbons (Fsp3) is 0.375. The van der Waals surface area contributed by atoms with Crippen molar-refractivity contribution in [1.29, 1.82) is 0 Å². The van der Waals surface area contributed by atoms with Gasteiger partial charge in [-0.1, -0.05) is 0 Å². The maximum absolute atomic E-state index is 5.73. The van der Waals surface area contributed by atoms with Gasteiger partial charge in [0.1, 0.15) is 0 Å². The first-order chi connectivity index (χ1) is 5.38. The van der Waals surface area contributed by atoms with E-state index < -0.39 is 0 Å². The van der Waals surface area contributed by atoms with Gasteiger partial charge >= 0.3 is 0 Å². The number of hydrogen-bond donors (Lipinski definition) is 1. The van der Waals surface area contributed by atoms with Crippen LogP contribution in [-0.2, 0) is 0 Å². The lowest BCUT2D eigenvalue weighted by Gasteiger charge is -2.32. The number of aromatic nitrogens is 1. The minimum atomic E-state index is 0.784. The minimum absolute atomic E-state index is 0.784. The Morgan fingerprint density at radius 2 is 2.27 bits per heavy atom. The fourth-order valence-electron chi connectivity index (χ4n) is 1.20. The first-order valence-corrected chi connectivity index (χ1v) is 3.83. The van der Waals surface area contributed by atoms with Crippen LogP contribution in [0.2, 0.25) is 0 Å². The van der Waals surface area contributed by atoms with Gasteiger partial charge in [-0.2, -0.15) is 0 Å². The lowest BCUT2D eigenvalue weighted by atomic mass is 10.2. The van der Waals surface area contributed by atoms with E-state index in [0.717, 1.165) is 24.6 Å². The van der Waals surface area contributed by atoms with Crippen LogP contribution in [0.1, 0.15) is 6.42 Å². The van der Waals surface area contributed by atoms with Gasteiger partial charge in [-0.05, 0) is 18.6 Å². The first-order valence-electron chi connectivity index (χ1n) is 3.83. The van der Waals surface area contributed by atoms with Gasteiger partial charge in [0.25, 0.3) is 0 Å². The molecule has 1 saturated heterocycles. The number of anilines is 2. The molecule has 0 atom stereocenters. The average molecular weight is 149 g/mol. The van der Waals surface area contributed by atoms with E-state index in [9.17, 15) is 0 Å². The summed E-state index contributed by atoms with van der Waals surface area (Å²) in [6, 6.07) is 3.75. The third-order valence-electron chi connectivity index (χ3n) is 1.97. The summed E-state index contributed by atoms with van der Waals surface area (Å²) in [5, 5.41) is 0. The topological polar surface area (TPSA) is 42.1 Å². The van der Waals surface area contributed by atoms with Crippen LogP contribution in [0.4, 0.5) is 11.5 Å². The predicted molar refractivity (Wildman–Crippen MR) is 45.5 cm³/mol.